The lowest BCUT2D eigenvalue weighted by Gasteiger charge is -2.09. The normalized spacial score (nSPS) is 10.7. The fourth-order valence-corrected chi connectivity index (χ4v) is 2.72. The first-order valence-corrected chi connectivity index (χ1v) is 6.29. The van der Waals surface area contributed by atoms with Crippen LogP contribution in [0.15, 0.2) is 30.3 Å². The summed E-state index contributed by atoms with van der Waals surface area (Å²) in [6.07, 6.45) is 0. The van der Waals surface area contributed by atoms with Crippen molar-refractivity contribution in [3.8, 4) is 11.1 Å². The lowest BCUT2D eigenvalue weighted by atomic mass is 10.0. The molecule has 0 aromatic heterocycles. The molecule has 18 heavy (non-hydrogen) atoms. The van der Waals surface area contributed by atoms with Gasteiger partial charge in [0.1, 0.15) is 5.82 Å². The fraction of sp³-hybridized carbons (Fsp3) is 0.0769. The molecule has 0 saturated heterocycles. The van der Waals surface area contributed by atoms with Crippen molar-refractivity contribution in [2.75, 3.05) is 0 Å². The quantitative estimate of drug-likeness (QED) is 0.838. The highest BCUT2D eigenvalue weighted by molar-refractivity contribution is 6.41. The van der Waals surface area contributed by atoms with E-state index in [-0.39, 0.29) is 12.4 Å². The lowest BCUT2D eigenvalue weighted by Crippen LogP contribution is -1.99. The zero-order valence-electron chi connectivity index (χ0n) is 9.18. The Morgan fingerprint density at radius 2 is 1.61 bits per heavy atom. The molecular weight excluding hydrogens is 296 g/mol. The van der Waals surface area contributed by atoms with Gasteiger partial charge in [-0.15, -0.1) is 0 Å². The van der Waals surface area contributed by atoms with E-state index < -0.39 is 0 Å². The number of hydrogen-bond donors (Lipinski definition) is 1. The second-order valence-electron chi connectivity index (χ2n) is 3.75. The third kappa shape index (κ3) is 2.62. The van der Waals surface area contributed by atoms with E-state index in [1.807, 2.05) is 0 Å². The predicted molar refractivity (Wildman–Crippen MR) is 74.8 cm³/mol. The Morgan fingerprint density at radius 1 is 1.00 bits per heavy atom. The van der Waals surface area contributed by atoms with E-state index in [0.717, 1.165) is 0 Å². The molecule has 0 aliphatic carbocycles. The summed E-state index contributed by atoms with van der Waals surface area (Å²) in [5, 5.41) is 1.20. The molecule has 0 spiro atoms. The van der Waals surface area contributed by atoms with Crippen molar-refractivity contribution < 1.29 is 4.39 Å². The van der Waals surface area contributed by atoms with E-state index >= 15 is 0 Å². The first kappa shape index (κ1) is 13.6. The Balaban J connectivity index is 2.59. The van der Waals surface area contributed by atoms with Gasteiger partial charge in [0.2, 0.25) is 0 Å². The van der Waals surface area contributed by atoms with Crippen molar-refractivity contribution in [3.05, 3.63) is 56.8 Å². The average molecular weight is 305 g/mol. The summed E-state index contributed by atoms with van der Waals surface area (Å²) in [5.74, 6) is -0.378. The molecule has 0 heterocycles. The molecule has 2 rings (SSSR count). The van der Waals surface area contributed by atoms with Gasteiger partial charge in [-0.3, -0.25) is 0 Å². The van der Waals surface area contributed by atoms with Crippen LogP contribution in [0.3, 0.4) is 0 Å². The van der Waals surface area contributed by atoms with E-state index in [9.17, 15) is 4.39 Å². The first-order chi connectivity index (χ1) is 8.52. The van der Waals surface area contributed by atoms with Gasteiger partial charge in [-0.1, -0.05) is 46.9 Å². The number of rotatable bonds is 2. The number of halogens is 4. The number of benzene rings is 2. The maximum absolute atomic E-state index is 13.7. The monoisotopic (exact) mass is 303 g/mol. The van der Waals surface area contributed by atoms with Crippen LogP contribution in [-0.2, 0) is 6.54 Å². The predicted octanol–water partition coefficient (Wildman–Crippen LogP) is 4.91. The molecule has 0 fully saturated rings. The molecule has 0 radical (unpaired) electrons. The zero-order valence-corrected chi connectivity index (χ0v) is 11.5. The van der Waals surface area contributed by atoms with Crippen molar-refractivity contribution in [1.29, 1.82) is 0 Å². The summed E-state index contributed by atoms with van der Waals surface area (Å²) in [5.41, 5.74) is 7.01. The Labute approximate surface area is 119 Å². The summed E-state index contributed by atoms with van der Waals surface area (Å²) in [6.45, 7) is 0.147. The number of hydrogen-bond acceptors (Lipinski definition) is 1. The lowest BCUT2D eigenvalue weighted by molar-refractivity contribution is 0.611. The van der Waals surface area contributed by atoms with Gasteiger partial charge in [-0.25, -0.2) is 4.39 Å². The minimum absolute atomic E-state index is 0.147. The highest BCUT2D eigenvalue weighted by atomic mass is 35.5. The summed E-state index contributed by atoms with van der Waals surface area (Å²) < 4.78 is 13.7. The Morgan fingerprint density at radius 3 is 2.11 bits per heavy atom. The van der Waals surface area contributed by atoms with Crippen molar-refractivity contribution in [2.24, 2.45) is 5.73 Å². The molecule has 94 valence electrons. The fourth-order valence-electron chi connectivity index (χ4n) is 1.69. The molecule has 0 amide bonds. The summed E-state index contributed by atoms with van der Waals surface area (Å²) in [7, 11) is 0. The first-order valence-electron chi connectivity index (χ1n) is 5.16. The molecule has 0 atom stereocenters. The molecule has 2 aromatic rings. The maximum atomic E-state index is 13.7. The van der Waals surface area contributed by atoms with Gasteiger partial charge in [0.25, 0.3) is 0 Å². The van der Waals surface area contributed by atoms with Crippen molar-refractivity contribution in [2.45, 2.75) is 6.54 Å². The van der Waals surface area contributed by atoms with Gasteiger partial charge >= 0.3 is 0 Å². The summed E-state index contributed by atoms with van der Waals surface area (Å²) in [4.78, 5) is 0. The van der Waals surface area contributed by atoms with E-state index in [1.165, 1.54) is 6.07 Å². The molecule has 2 aromatic carbocycles. The largest absolute Gasteiger partial charge is 0.326 e. The van der Waals surface area contributed by atoms with Crippen LogP contribution in [-0.4, -0.2) is 0 Å². The minimum Gasteiger partial charge on any atom is -0.326 e. The molecule has 0 bridgehead atoms. The third-order valence-corrected chi connectivity index (χ3v) is 3.38. The van der Waals surface area contributed by atoms with Crippen LogP contribution >= 0.6 is 34.8 Å². The van der Waals surface area contributed by atoms with Gasteiger partial charge in [0, 0.05) is 22.7 Å². The van der Waals surface area contributed by atoms with Gasteiger partial charge in [0.15, 0.2) is 0 Å². The van der Waals surface area contributed by atoms with Gasteiger partial charge in [-0.2, -0.15) is 0 Å². The second-order valence-corrected chi connectivity index (χ2v) is 5.01. The molecule has 2 N–H and O–H groups in total. The van der Waals surface area contributed by atoms with Crippen LogP contribution in [0.2, 0.25) is 15.1 Å². The second kappa shape index (κ2) is 5.45. The minimum atomic E-state index is -0.378. The molecule has 1 nitrogen and oxygen atoms in total. The molecule has 0 aliphatic heterocycles. The summed E-state index contributed by atoms with van der Waals surface area (Å²) in [6, 6.07) is 7.85. The van der Waals surface area contributed by atoms with Crippen LogP contribution in [0.5, 0.6) is 0 Å². The van der Waals surface area contributed by atoms with Crippen LogP contribution in [0.1, 0.15) is 5.56 Å². The van der Waals surface area contributed by atoms with Gasteiger partial charge in [0.05, 0.1) is 10.0 Å². The highest BCUT2D eigenvalue weighted by Crippen LogP contribution is 2.37. The average Bonchev–Trinajstić information content (AvgIpc) is 2.27. The Bertz CT molecular complexity index is 576. The third-order valence-electron chi connectivity index (χ3n) is 2.57. The molecular formula is C13H9Cl3FN. The van der Waals surface area contributed by atoms with Crippen molar-refractivity contribution >= 4 is 34.8 Å². The van der Waals surface area contributed by atoms with Gasteiger partial charge < -0.3 is 5.73 Å². The van der Waals surface area contributed by atoms with E-state index in [0.29, 0.717) is 31.8 Å². The molecule has 0 unspecified atom stereocenters. The SMILES string of the molecule is NCc1ccc(-c2c(Cl)cc(Cl)cc2Cl)cc1F. The maximum Gasteiger partial charge on any atom is 0.128 e. The summed E-state index contributed by atoms with van der Waals surface area (Å²) >= 11 is 18.0. The smallest absolute Gasteiger partial charge is 0.128 e. The standard InChI is InChI=1S/C13H9Cl3FN/c14-9-4-10(15)13(11(16)5-9)7-1-2-8(6-18)12(17)3-7/h1-5H,6,18H2. The molecule has 0 aliphatic rings. The van der Waals surface area contributed by atoms with Gasteiger partial charge in [-0.05, 0) is 23.8 Å². The van der Waals surface area contributed by atoms with Crippen molar-refractivity contribution in [1.82, 2.24) is 0 Å². The van der Waals surface area contributed by atoms with E-state index in [2.05, 4.69) is 0 Å². The Hall–Kier alpha value is -0.800. The van der Waals surface area contributed by atoms with Crippen LogP contribution in [0.4, 0.5) is 4.39 Å². The number of nitrogens with two attached hydrogens (primary N) is 1. The van der Waals surface area contributed by atoms with Crippen molar-refractivity contribution in [3.63, 3.8) is 0 Å². The highest BCUT2D eigenvalue weighted by Gasteiger charge is 2.12. The molecule has 5 heteroatoms. The van der Waals surface area contributed by atoms with Crippen LogP contribution < -0.4 is 5.73 Å². The van der Waals surface area contributed by atoms with Crippen LogP contribution in [0, 0.1) is 5.82 Å². The topological polar surface area (TPSA) is 26.0 Å². The molecule has 0 saturated carbocycles. The van der Waals surface area contributed by atoms with E-state index in [4.69, 9.17) is 40.5 Å². The Kier molecular flexibility index (Phi) is 4.13. The van der Waals surface area contributed by atoms with E-state index in [1.54, 1.807) is 24.3 Å². The zero-order chi connectivity index (χ0) is 13.3. The van der Waals surface area contributed by atoms with Crippen LogP contribution in [0.25, 0.3) is 11.1 Å².